The summed E-state index contributed by atoms with van der Waals surface area (Å²) in [5, 5.41) is 0. The quantitative estimate of drug-likeness (QED) is 0.711. The lowest BCUT2D eigenvalue weighted by Crippen LogP contribution is -2.04. The standard InChI is InChI=1S/C13H12O3/c14-13(12-2-1-5-16-12)9-3-4-10-7-15-8-11(10)6-9/h2-4,6H,1,5,7-8H2. The molecule has 3 rings (SSSR count). The Kier molecular flexibility index (Phi) is 2.26. The molecule has 0 saturated carbocycles. The molecule has 1 aromatic rings. The second-order valence-electron chi connectivity index (χ2n) is 4.01. The van der Waals surface area contributed by atoms with Crippen LogP contribution in [-0.4, -0.2) is 12.4 Å². The Bertz CT molecular complexity index is 474. The molecule has 0 spiro atoms. The van der Waals surface area contributed by atoms with Gasteiger partial charge in [0, 0.05) is 12.0 Å². The number of hydrogen-bond donors (Lipinski definition) is 0. The number of carbonyl (C=O) groups is 1. The van der Waals surface area contributed by atoms with Crippen LogP contribution < -0.4 is 0 Å². The van der Waals surface area contributed by atoms with Gasteiger partial charge < -0.3 is 9.47 Å². The van der Waals surface area contributed by atoms with Crippen LogP contribution >= 0.6 is 0 Å². The second kappa shape index (κ2) is 3.76. The molecule has 0 unspecified atom stereocenters. The Morgan fingerprint density at radius 2 is 2.06 bits per heavy atom. The number of allylic oxidation sites excluding steroid dienone is 1. The molecular formula is C13H12O3. The molecule has 0 atom stereocenters. The van der Waals surface area contributed by atoms with Crippen molar-refractivity contribution in [1.82, 2.24) is 0 Å². The molecule has 3 heteroatoms. The monoisotopic (exact) mass is 216 g/mol. The summed E-state index contributed by atoms with van der Waals surface area (Å²) in [6.07, 6.45) is 2.68. The highest BCUT2D eigenvalue weighted by Gasteiger charge is 2.19. The molecule has 2 heterocycles. The molecule has 1 aromatic carbocycles. The molecule has 0 aliphatic carbocycles. The van der Waals surface area contributed by atoms with Gasteiger partial charge in [0.25, 0.3) is 0 Å². The van der Waals surface area contributed by atoms with E-state index in [0.29, 0.717) is 31.1 Å². The van der Waals surface area contributed by atoms with E-state index >= 15 is 0 Å². The molecule has 0 saturated heterocycles. The summed E-state index contributed by atoms with van der Waals surface area (Å²) in [5.74, 6) is 0.464. The van der Waals surface area contributed by atoms with Crippen LogP contribution in [0.1, 0.15) is 27.9 Å². The lowest BCUT2D eigenvalue weighted by Gasteiger charge is -2.04. The molecule has 2 aliphatic rings. The van der Waals surface area contributed by atoms with Crippen LogP contribution in [0.4, 0.5) is 0 Å². The van der Waals surface area contributed by atoms with Crippen molar-refractivity contribution >= 4 is 5.78 Å². The SMILES string of the molecule is O=C(C1=CCCO1)c1ccc2c(c1)COC2. The fourth-order valence-electron chi connectivity index (χ4n) is 2.03. The number of hydrogen-bond acceptors (Lipinski definition) is 3. The first-order valence-electron chi connectivity index (χ1n) is 5.42. The van der Waals surface area contributed by atoms with Crippen LogP contribution in [0.5, 0.6) is 0 Å². The van der Waals surface area contributed by atoms with Crippen LogP contribution in [-0.2, 0) is 22.7 Å². The maximum atomic E-state index is 12.0. The van der Waals surface area contributed by atoms with Crippen LogP contribution in [0.25, 0.3) is 0 Å². The third-order valence-electron chi connectivity index (χ3n) is 2.91. The van der Waals surface area contributed by atoms with Crippen molar-refractivity contribution < 1.29 is 14.3 Å². The number of ether oxygens (including phenoxy) is 2. The molecule has 0 aromatic heterocycles. The van der Waals surface area contributed by atoms with Gasteiger partial charge in [0.15, 0.2) is 5.76 Å². The number of fused-ring (bicyclic) bond motifs is 1. The van der Waals surface area contributed by atoms with Crippen LogP contribution in [0.2, 0.25) is 0 Å². The van der Waals surface area contributed by atoms with Gasteiger partial charge in [0.1, 0.15) is 0 Å². The van der Waals surface area contributed by atoms with E-state index in [9.17, 15) is 4.79 Å². The Balaban J connectivity index is 1.92. The van der Waals surface area contributed by atoms with Crippen LogP contribution in [0.3, 0.4) is 0 Å². The number of Topliss-reactive ketones (excluding diaryl/α,β-unsaturated/α-hetero) is 1. The minimum Gasteiger partial charge on any atom is -0.489 e. The van der Waals surface area contributed by atoms with Gasteiger partial charge >= 0.3 is 0 Å². The minimum absolute atomic E-state index is 0.0211. The highest BCUT2D eigenvalue weighted by atomic mass is 16.5. The van der Waals surface area contributed by atoms with Crippen LogP contribution in [0.15, 0.2) is 30.0 Å². The first-order valence-corrected chi connectivity index (χ1v) is 5.42. The third-order valence-corrected chi connectivity index (χ3v) is 2.91. The Morgan fingerprint density at radius 3 is 2.88 bits per heavy atom. The molecule has 0 N–H and O–H groups in total. The van der Waals surface area contributed by atoms with Crippen LogP contribution in [0, 0.1) is 0 Å². The zero-order valence-electron chi connectivity index (χ0n) is 8.86. The molecule has 3 nitrogen and oxygen atoms in total. The van der Waals surface area contributed by atoms with Gasteiger partial charge in [0.2, 0.25) is 5.78 Å². The zero-order chi connectivity index (χ0) is 11.0. The van der Waals surface area contributed by atoms with Crippen molar-refractivity contribution in [3.05, 3.63) is 46.7 Å². The van der Waals surface area contributed by atoms with Crippen molar-refractivity contribution in [3.63, 3.8) is 0 Å². The maximum Gasteiger partial charge on any atom is 0.227 e. The predicted octanol–water partition coefficient (Wildman–Crippen LogP) is 2.20. The zero-order valence-corrected chi connectivity index (χ0v) is 8.86. The number of benzene rings is 1. The Labute approximate surface area is 93.7 Å². The van der Waals surface area contributed by atoms with Gasteiger partial charge in [-0.2, -0.15) is 0 Å². The molecule has 16 heavy (non-hydrogen) atoms. The number of rotatable bonds is 2. The van der Waals surface area contributed by atoms with Crippen molar-refractivity contribution in [2.75, 3.05) is 6.61 Å². The van der Waals surface area contributed by atoms with E-state index in [4.69, 9.17) is 9.47 Å². The molecule has 0 bridgehead atoms. The smallest absolute Gasteiger partial charge is 0.227 e. The van der Waals surface area contributed by atoms with E-state index in [1.54, 1.807) is 0 Å². The molecule has 0 radical (unpaired) electrons. The maximum absolute atomic E-state index is 12.0. The molecular weight excluding hydrogens is 204 g/mol. The van der Waals surface area contributed by atoms with Crippen molar-refractivity contribution in [2.24, 2.45) is 0 Å². The summed E-state index contributed by atoms with van der Waals surface area (Å²) in [6.45, 7) is 1.88. The molecule has 2 aliphatic heterocycles. The third kappa shape index (κ3) is 1.53. The lowest BCUT2D eigenvalue weighted by molar-refractivity contribution is 0.0942. The summed E-state index contributed by atoms with van der Waals surface area (Å²) in [5.41, 5.74) is 2.99. The summed E-state index contributed by atoms with van der Waals surface area (Å²) < 4.78 is 10.6. The average Bonchev–Trinajstić information content (AvgIpc) is 2.98. The Morgan fingerprint density at radius 1 is 1.19 bits per heavy atom. The van der Waals surface area contributed by atoms with Crippen molar-refractivity contribution in [2.45, 2.75) is 19.6 Å². The lowest BCUT2D eigenvalue weighted by atomic mass is 10.0. The number of carbonyl (C=O) groups excluding carboxylic acids is 1. The number of ketones is 1. The van der Waals surface area contributed by atoms with E-state index in [1.807, 2.05) is 24.3 Å². The first-order chi connectivity index (χ1) is 7.84. The fourth-order valence-corrected chi connectivity index (χ4v) is 2.03. The topological polar surface area (TPSA) is 35.5 Å². The molecule has 0 fully saturated rings. The fraction of sp³-hybridized carbons (Fsp3) is 0.308. The normalized spacial score (nSPS) is 17.9. The summed E-state index contributed by atoms with van der Waals surface area (Å²) in [7, 11) is 0. The minimum atomic E-state index is -0.0211. The second-order valence-corrected chi connectivity index (χ2v) is 4.01. The predicted molar refractivity (Wildman–Crippen MR) is 57.9 cm³/mol. The molecule has 82 valence electrons. The van der Waals surface area contributed by atoms with E-state index in [1.165, 1.54) is 5.56 Å². The van der Waals surface area contributed by atoms with Gasteiger partial charge in [-0.25, -0.2) is 0 Å². The highest BCUT2D eigenvalue weighted by molar-refractivity contribution is 6.07. The van der Waals surface area contributed by atoms with E-state index in [-0.39, 0.29) is 5.78 Å². The van der Waals surface area contributed by atoms with E-state index < -0.39 is 0 Å². The van der Waals surface area contributed by atoms with Gasteiger partial charge in [-0.05, 0) is 23.3 Å². The average molecular weight is 216 g/mol. The first kappa shape index (κ1) is 9.60. The highest BCUT2D eigenvalue weighted by Crippen LogP contribution is 2.23. The largest absolute Gasteiger partial charge is 0.489 e. The van der Waals surface area contributed by atoms with Crippen molar-refractivity contribution in [1.29, 1.82) is 0 Å². The van der Waals surface area contributed by atoms with Gasteiger partial charge in [-0.3, -0.25) is 4.79 Å². The van der Waals surface area contributed by atoms with Crippen molar-refractivity contribution in [3.8, 4) is 0 Å². The van der Waals surface area contributed by atoms with Gasteiger partial charge in [-0.1, -0.05) is 12.1 Å². The summed E-state index contributed by atoms with van der Waals surface area (Å²) in [4.78, 5) is 12.0. The Hall–Kier alpha value is -1.61. The summed E-state index contributed by atoms with van der Waals surface area (Å²) in [6, 6.07) is 5.72. The molecule has 0 amide bonds. The van der Waals surface area contributed by atoms with E-state index in [0.717, 1.165) is 12.0 Å². The van der Waals surface area contributed by atoms with Gasteiger partial charge in [-0.15, -0.1) is 0 Å². The van der Waals surface area contributed by atoms with E-state index in [2.05, 4.69) is 0 Å². The summed E-state index contributed by atoms with van der Waals surface area (Å²) >= 11 is 0. The van der Waals surface area contributed by atoms with Gasteiger partial charge in [0.05, 0.1) is 19.8 Å².